The van der Waals surface area contributed by atoms with E-state index < -0.39 is 11.4 Å². The van der Waals surface area contributed by atoms with E-state index in [2.05, 4.69) is 6.58 Å². The minimum absolute atomic E-state index is 0.0462. The van der Waals surface area contributed by atoms with Crippen LogP contribution in [0.4, 0.5) is 0 Å². The number of carbonyl (C=O) groups is 1. The molecule has 138 valence electrons. The second kappa shape index (κ2) is 6.99. The average Bonchev–Trinajstić information content (AvgIpc) is 2.59. The highest BCUT2D eigenvalue weighted by Crippen LogP contribution is 2.37. The zero-order valence-corrected chi connectivity index (χ0v) is 15.2. The zero-order chi connectivity index (χ0) is 19.7. The molecule has 1 aromatic heterocycles. The van der Waals surface area contributed by atoms with Crippen molar-refractivity contribution < 1.29 is 23.8 Å². The lowest BCUT2D eigenvalue weighted by Gasteiger charge is -2.11. The zero-order valence-electron chi connectivity index (χ0n) is 15.2. The van der Waals surface area contributed by atoms with E-state index in [4.69, 9.17) is 13.9 Å². The van der Waals surface area contributed by atoms with Gasteiger partial charge in [0.25, 0.3) is 0 Å². The summed E-state index contributed by atoms with van der Waals surface area (Å²) >= 11 is 0. The summed E-state index contributed by atoms with van der Waals surface area (Å²) in [6.45, 7) is 6.87. The van der Waals surface area contributed by atoms with Gasteiger partial charge in [0.15, 0.2) is 0 Å². The number of ether oxygens (including phenoxy) is 2. The monoisotopic (exact) mass is 366 g/mol. The summed E-state index contributed by atoms with van der Waals surface area (Å²) in [7, 11) is 1.46. The molecule has 0 saturated heterocycles. The van der Waals surface area contributed by atoms with Crippen molar-refractivity contribution in [1.82, 2.24) is 0 Å². The standard InChI is InChI=1S/C21H18O6/c1-11(2)5-7-14-16(25-4)10-18-19(20(14)23)21(24)15-8-6-13(26-12(3)22)9-17(15)27-18/h5-10,23H,1H2,2-4H3. The summed E-state index contributed by atoms with van der Waals surface area (Å²) in [4.78, 5) is 24.0. The first kappa shape index (κ1) is 18.3. The summed E-state index contributed by atoms with van der Waals surface area (Å²) < 4.78 is 16.1. The second-order valence-electron chi connectivity index (χ2n) is 6.08. The van der Waals surface area contributed by atoms with E-state index in [9.17, 15) is 14.7 Å². The van der Waals surface area contributed by atoms with Crippen LogP contribution < -0.4 is 14.9 Å². The van der Waals surface area contributed by atoms with Gasteiger partial charge in [-0.2, -0.15) is 0 Å². The predicted molar refractivity (Wildman–Crippen MR) is 103 cm³/mol. The Morgan fingerprint density at radius 1 is 1.22 bits per heavy atom. The summed E-state index contributed by atoms with van der Waals surface area (Å²) in [5.41, 5.74) is 1.13. The van der Waals surface area contributed by atoms with Crippen molar-refractivity contribution in [3.8, 4) is 17.2 Å². The lowest BCUT2D eigenvalue weighted by atomic mass is 10.0. The molecule has 1 N–H and O–H groups in total. The fraction of sp³-hybridized carbons (Fsp3) is 0.143. The minimum atomic E-state index is -0.481. The van der Waals surface area contributed by atoms with Gasteiger partial charge in [0.05, 0.1) is 18.1 Å². The van der Waals surface area contributed by atoms with Crippen LogP contribution in [0.2, 0.25) is 0 Å². The predicted octanol–water partition coefficient (Wildman–Crippen LogP) is 4.18. The van der Waals surface area contributed by atoms with E-state index in [1.807, 2.05) is 6.92 Å². The lowest BCUT2D eigenvalue weighted by molar-refractivity contribution is -0.131. The number of rotatable bonds is 4. The Balaban J connectivity index is 2.34. The van der Waals surface area contributed by atoms with E-state index >= 15 is 0 Å². The summed E-state index contributed by atoms with van der Waals surface area (Å²) in [6.07, 6.45) is 3.33. The number of esters is 1. The smallest absolute Gasteiger partial charge is 0.308 e. The summed E-state index contributed by atoms with van der Waals surface area (Å²) in [6, 6.07) is 5.98. The van der Waals surface area contributed by atoms with Crippen LogP contribution in [0.5, 0.6) is 17.2 Å². The third kappa shape index (κ3) is 3.42. The summed E-state index contributed by atoms with van der Waals surface area (Å²) in [5, 5.41) is 11.0. The number of hydrogen-bond acceptors (Lipinski definition) is 6. The molecule has 2 aromatic carbocycles. The molecule has 3 aromatic rings. The van der Waals surface area contributed by atoms with Gasteiger partial charge in [-0.05, 0) is 25.1 Å². The Labute approximate surface area is 154 Å². The third-order valence-corrected chi connectivity index (χ3v) is 3.93. The van der Waals surface area contributed by atoms with Crippen molar-refractivity contribution >= 4 is 34.0 Å². The van der Waals surface area contributed by atoms with E-state index in [-0.39, 0.29) is 33.4 Å². The first-order valence-electron chi connectivity index (χ1n) is 8.14. The third-order valence-electron chi connectivity index (χ3n) is 3.93. The summed E-state index contributed by atoms with van der Waals surface area (Å²) in [5.74, 6) is -0.113. The van der Waals surface area contributed by atoms with Gasteiger partial charge in [-0.25, -0.2) is 0 Å². The SMILES string of the molecule is C=C(C)C=Cc1c(OC)cc2oc3cc(OC(C)=O)ccc3c(=O)c2c1O. The molecular formula is C21H18O6. The molecule has 0 amide bonds. The number of phenolic OH excluding ortho intramolecular Hbond substituents is 1. The van der Waals surface area contributed by atoms with Gasteiger partial charge in [-0.15, -0.1) is 0 Å². The number of methoxy groups -OCH3 is 1. The maximum atomic E-state index is 12.9. The lowest BCUT2D eigenvalue weighted by Crippen LogP contribution is -2.05. The van der Waals surface area contributed by atoms with Crippen LogP contribution in [0.3, 0.4) is 0 Å². The normalized spacial score (nSPS) is 11.2. The number of carbonyl (C=O) groups excluding carboxylic acids is 1. The molecule has 0 aliphatic carbocycles. The molecule has 6 heteroatoms. The van der Waals surface area contributed by atoms with E-state index in [1.165, 1.54) is 38.3 Å². The van der Waals surface area contributed by atoms with Crippen molar-refractivity contribution in [2.24, 2.45) is 0 Å². The van der Waals surface area contributed by atoms with Crippen molar-refractivity contribution in [1.29, 1.82) is 0 Å². The van der Waals surface area contributed by atoms with Crippen molar-refractivity contribution in [3.05, 3.63) is 58.3 Å². The first-order chi connectivity index (χ1) is 12.8. The molecule has 0 spiro atoms. The fourth-order valence-corrected chi connectivity index (χ4v) is 2.75. The molecule has 0 radical (unpaired) electrons. The van der Waals surface area contributed by atoms with Crippen molar-refractivity contribution in [2.45, 2.75) is 13.8 Å². The molecular weight excluding hydrogens is 348 g/mol. The maximum absolute atomic E-state index is 12.9. The molecule has 27 heavy (non-hydrogen) atoms. The van der Waals surface area contributed by atoms with Gasteiger partial charge in [0, 0.05) is 19.1 Å². The number of aromatic hydroxyl groups is 1. The molecule has 0 unspecified atom stereocenters. The largest absolute Gasteiger partial charge is 0.506 e. The number of hydrogen-bond donors (Lipinski definition) is 1. The Hall–Kier alpha value is -3.54. The van der Waals surface area contributed by atoms with Crippen LogP contribution in [0.25, 0.3) is 28.0 Å². The Kier molecular flexibility index (Phi) is 4.73. The van der Waals surface area contributed by atoms with E-state index in [0.29, 0.717) is 11.3 Å². The highest BCUT2D eigenvalue weighted by Gasteiger charge is 2.18. The molecule has 0 atom stereocenters. The molecule has 6 nitrogen and oxygen atoms in total. The number of fused-ring (bicyclic) bond motifs is 2. The van der Waals surface area contributed by atoms with Crippen LogP contribution in [0.15, 0.2) is 51.7 Å². The van der Waals surface area contributed by atoms with Crippen LogP contribution in [-0.2, 0) is 4.79 Å². The Bertz CT molecular complexity index is 1170. The molecule has 1 heterocycles. The van der Waals surface area contributed by atoms with Gasteiger partial charge in [0.2, 0.25) is 5.43 Å². The molecule has 0 bridgehead atoms. The maximum Gasteiger partial charge on any atom is 0.308 e. The van der Waals surface area contributed by atoms with Crippen LogP contribution in [0, 0.1) is 0 Å². The van der Waals surface area contributed by atoms with Crippen LogP contribution in [-0.4, -0.2) is 18.2 Å². The molecule has 0 aliphatic rings. The average molecular weight is 366 g/mol. The van der Waals surface area contributed by atoms with Gasteiger partial charge in [-0.1, -0.05) is 18.2 Å². The van der Waals surface area contributed by atoms with Gasteiger partial charge >= 0.3 is 5.97 Å². The van der Waals surface area contributed by atoms with Crippen LogP contribution in [0.1, 0.15) is 19.4 Å². The topological polar surface area (TPSA) is 86.0 Å². The molecule has 0 fully saturated rings. The quantitative estimate of drug-likeness (QED) is 0.323. The van der Waals surface area contributed by atoms with E-state index in [1.54, 1.807) is 12.2 Å². The van der Waals surface area contributed by atoms with Gasteiger partial charge < -0.3 is 19.0 Å². The number of allylic oxidation sites excluding steroid dienone is 2. The molecule has 0 aliphatic heterocycles. The number of phenols is 1. The van der Waals surface area contributed by atoms with Gasteiger partial charge in [-0.3, -0.25) is 9.59 Å². The molecule has 0 saturated carbocycles. The van der Waals surface area contributed by atoms with Crippen molar-refractivity contribution in [2.75, 3.05) is 7.11 Å². The molecule has 3 rings (SSSR count). The van der Waals surface area contributed by atoms with Crippen LogP contribution >= 0.6 is 0 Å². The fourth-order valence-electron chi connectivity index (χ4n) is 2.75. The van der Waals surface area contributed by atoms with Crippen molar-refractivity contribution in [3.63, 3.8) is 0 Å². The van der Waals surface area contributed by atoms with E-state index in [0.717, 1.165) is 5.57 Å². The first-order valence-corrected chi connectivity index (χ1v) is 8.14. The highest BCUT2D eigenvalue weighted by molar-refractivity contribution is 5.97. The highest BCUT2D eigenvalue weighted by atomic mass is 16.5. The Morgan fingerprint density at radius 2 is 1.96 bits per heavy atom. The van der Waals surface area contributed by atoms with Gasteiger partial charge in [0.1, 0.15) is 33.8 Å². The number of benzene rings is 2. The second-order valence-corrected chi connectivity index (χ2v) is 6.08. The Morgan fingerprint density at radius 3 is 2.59 bits per heavy atom. The minimum Gasteiger partial charge on any atom is -0.506 e.